The molecule has 1 amide bonds. The molecule has 1 N–H and O–H groups in total. The maximum Gasteiger partial charge on any atom is 0.228 e. The number of amides is 1. The van der Waals surface area contributed by atoms with Crippen LogP contribution in [0.1, 0.15) is 30.9 Å². The first-order chi connectivity index (χ1) is 12.6. The van der Waals surface area contributed by atoms with E-state index in [9.17, 15) is 4.79 Å². The first-order valence-electron chi connectivity index (χ1n) is 9.12. The van der Waals surface area contributed by atoms with Crippen molar-refractivity contribution in [3.63, 3.8) is 0 Å². The molecule has 1 aliphatic rings. The number of rotatable bonds is 5. The fourth-order valence-corrected chi connectivity index (χ4v) is 4.02. The van der Waals surface area contributed by atoms with Gasteiger partial charge in [0.05, 0.1) is 5.92 Å². The van der Waals surface area contributed by atoms with Gasteiger partial charge in [-0.1, -0.05) is 54.4 Å². The molecular formula is C21H24Cl2N2O. The van der Waals surface area contributed by atoms with Gasteiger partial charge in [0.2, 0.25) is 5.91 Å². The predicted octanol–water partition coefficient (Wildman–Crippen LogP) is 5.41. The summed E-state index contributed by atoms with van der Waals surface area (Å²) < 4.78 is 0. The van der Waals surface area contributed by atoms with Crippen molar-refractivity contribution in [1.82, 2.24) is 4.90 Å². The van der Waals surface area contributed by atoms with E-state index in [0.717, 1.165) is 49.2 Å². The van der Waals surface area contributed by atoms with Crippen molar-refractivity contribution in [3.8, 4) is 0 Å². The number of likely N-dealkylation sites (tertiary alicyclic amines) is 1. The number of piperidine rings is 1. The summed E-state index contributed by atoms with van der Waals surface area (Å²) in [5, 5.41) is 4.48. The SMILES string of the molecule is CCc1ccccc1NC(=O)[C@H]1CCCN(Cc2c(Cl)cccc2Cl)C1. The second-order valence-electron chi connectivity index (χ2n) is 6.77. The molecule has 0 unspecified atom stereocenters. The predicted molar refractivity (Wildman–Crippen MR) is 109 cm³/mol. The summed E-state index contributed by atoms with van der Waals surface area (Å²) in [4.78, 5) is 15.0. The van der Waals surface area contributed by atoms with Gasteiger partial charge >= 0.3 is 0 Å². The monoisotopic (exact) mass is 390 g/mol. The average molecular weight is 391 g/mol. The Bertz CT molecular complexity index is 758. The lowest BCUT2D eigenvalue weighted by Crippen LogP contribution is -2.40. The molecule has 3 rings (SSSR count). The van der Waals surface area contributed by atoms with Crippen molar-refractivity contribution in [2.75, 3.05) is 18.4 Å². The van der Waals surface area contributed by atoms with Crippen molar-refractivity contribution in [1.29, 1.82) is 0 Å². The summed E-state index contributed by atoms with van der Waals surface area (Å²) in [7, 11) is 0. The van der Waals surface area contributed by atoms with Crippen LogP contribution >= 0.6 is 23.2 Å². The summed E-state index contributed by atoms with van der Waals surface area (Å²) >= 11 is 12.6. The van der Waals surface area contributed by atoms with Crippen LogP contribution in [0.25, 0.3) is 0 Å². The van der Waals surface area contributed by atoms with Gasteiger partial charge in [0.25, 0.3) is 0 Å². The Morgan fingerprint density at radius 2 is 1.88 bits per heavy atom. The molecule has 1 saturated heterocycles. The molecule has 0 saturated carbocycles. The van der Waals surface area contributed by atoms with Crippen LogP contribution in [-0.4, -0.2) is 23.9 Å². The third-order valence-corrected chi connectivity index (χ3v) is 5.68. The van der Waals surface area contributed by atoms with E-state index in [1.165, 1.54) is 0 Å². The lowest BCUT2D eigenvalue weighted by atomic mass is 9.96. The second-order valence-corrected chi connectivity index (χ2v) is 7.59. The molecule has 0 radical (unpaired) electrons. The number of para-hydroxylation sites is 1. The zero-order valence-corrected chi connectivity index (χ0v) is 16.5. The number of nitrogens with one attached hydrogen (secondary N) is 1. The van der Waals surface area contributed by atoms with E-state index in [0.29, 0.717) is 16.6 Å². The first kappa shape index (κ1) is 19.2. The summed E-state index contributed by atoms with van der Waals surface area (Å²) in [6.07, 6.45) is 2.81. The molecule has 1 fully saturated rings. The van der Waals surface area contributed by atoms with E-state index >= 15 is 0 Å². The zero-order chi connectivity index (χ0) is 18.5. The lowest BCUT2D eigenvalue weighted by molar-refractivity contribution is -0.121. The van der Waals surface area contributed by atoms with Gasteiger partial charge in [0, 0.05) is 34.4 Å². The number of carbonyl (C=O) groups excluding carboxylic acids is 1. The summed E-state index contributed by atoms with van der Waals surface area (Å²) in [5.74, 6) is 0.0794. The second kappa shape index (κ2) is 8.90. The summed E-state index contributed by atoms with van der Waals surface area (Å²) in [6.45, 7) is 4.45. The van der Waals surface area contributed by atoms with Gasteiger partial charge < -0.3 is 5.32 Å². The van der Waals surface area contributed by atoms with Crippen molar-refractivity contribution in [2.45, 2.75) is 32.7 Å². The molecule has 2 aromatic carbocycles. The van der Waals surface area contributed by atoms with Gasteiger partial charge in [0.1, 0.15) is 0 Å². The van der Waals surface area contributed by atoms with Crippen molar-refractivity contribution in [2.24, 2.45) is 5.92 Å². The Hall–Kier alpha value is -1.55. The molecule has 1 aliphatic heterocycles. The molecule has 5 heteroatoms. The fourth-order valence-electron chi connectivity index (χ4n) is 3.51. The molecule has 0 aromatic heterocycles. The van der Waals surface area contributed by atoms with Crippen LogP contribution in [-0.2, 0) is 17.8 Å². The van der Waals surface area contributed by atoms with E-state index in [1.807, 2.05) is 36.4 Å². The quantitative estimate of drug-likeness (QED) is 0.740. The van der Waals surface area contributed by atoms with Gasteiger partial charge in [-0.2, -0.15) is 0 Å². The van der Waals surface area contributed by atoms with Crippen LogP contribution in [0.4, 0.5) is 5.69 Å². The Labute approximate surface area is 165 Å². The zero-order valence-electron chi connectivity index (χ0n) is 15.0. The molecular weight excluding hydrogens is 367 g/mol. The molecule has 138 valence electrons. The van der Waals surface area contributed by atoms with Crippen molar-refractivity contribution < 1.29 is 4.79 Å². The summed E-state index contributed by atoms with van der Waals surface area (Å²) in [5.41, 5.74) is 3.02. The number of hydrogen-bond acceptors (Lipinski definition) is 2. The number of nitrogens with zero attached hydrogens (tertiary/aromatic N) is 1. The van der Waals surface area contributed by atoms with Crippen molar-refractivity contribution in [3.05, 3.63) is 63.6 Å². The van der Waals surface area contributed by atoms with E-state index in [4.69, 9.17) is 23.2 Å². The smallest absolute Gasteiger partial charge is 0.228 e. The molecule has 2 aromatic rings. The number of anilines is 1. The van der Waals surface area contributed by atoms with Crippen LogP contribution < -0.4 is 5.32 Å². The third-order valence-electron chi connectivity index (χ3n) is 4.98. The Kier molecular flexibility index (Phi) is 6.58. The van der Waals surface area contributed by atoms with Gasteiger partial charge in [-0.3, -0.25) is 9.69 Å². The van der Waals surface area contributed by atoms with Crippen LogP contribution in [0, 0.1) is 5.92 Å². The van der Waals surface area contributed by atoms with Gasteiger partial charge in [0.15, 0.2) is 0 Å². The number of carbonyl (C=O) groups is 1. The van der Waals surface area contributed by atoms with Crippen LogP contribution in [0.5, 0.6) is 0 Å². The highest BCUT2D eigenvalue weighted by Crippen LogP contribution is 2.28. The van der Waals surface area contributed by atoms with E-state index in [-0.39, 0.29) is 11.8 Å². The molecule has 0 spiro atoms. The van der Waals surface area contributed by atoms with E-state index < -0.39 is 0 Å². The highest BCUT2D eigenvalue weighted by atomic mass is 35.5. The molecule has 3 nitrogen and oxygen atoms in total. The van der Waals surface area contributed by atoms with Crippen molar-refractivity contribution >= 4 is 34.8 Å². The highest BCUT2D eigenvalue weighted by molar-refractivity contribution is 6.35. The molecule has 1 atom stereocenters. The minimum atomic E-state index is -0.0186. The van der Waals surface area contributed by atoms with Crippen LogP contribution in [0.3, 0.4) is 0 Å². The van der Waals surface area contributed by atoms with Crippen LogP contribution in [0.15, 0.2) is 42.5 Å². The average Bonchev–Trinajstić information content (AvgIpc) is 2.65. The Morgan fingerprint density at radius 1 is 1.15 bits per heavy atom. The molecule has 0 aliphatic carbocycles. The first-order valence-corrected chi connectivity index (χ1v) is 9.88. The molecule has 26 heavy (non-hydrogen) atoms. The molecule has 1 heterocycles. The summed E-state index contributed by atoms with van der Waals surface area (Å²) in [6, 6.07) is 13.6. The Balaban J connectivity index is 1.65. The molecule has 0 bridgehead atoms. The number of aryl methyl sites for hydroxylation is 1. The van der Waals surface area contributed by atoms with E-state index in [1.54, 1.807) is 0 Å². The van der Waals surface area contributed by atoms with Gasteiger partial charge in [-0.25, -0.2) is 0 Å². The van der Waals surface area contributed by atoms with Gasteiger partial charge in [-0.05, 0) is 49.6 Å². The maximum atomic E-state index is 12.8. The third kappa shape index (κ3) is 4.59. The maximum absolute atomic E-state index is 12.8. The van der Waals surface area contributed by atoms with E-state index in [2.05, 4.69) is 23.2 Å². The minimum Gasteiger partial charge on any atom is -0.326 e. The number of hydrogen-bond donors (Lipinski definition) is 1. The van der Waals surface area contributed by atoms with Crippen LogP contribution in [0.2, 0.25) is 10.0 Å². The highest BCUT2D eigenvalue weighted by Gasteiger charge is 2.27. The largest absolute Gasteiger partial charge is 0.326 e. The minimum absolute atomic E-state index is 0.0186. The standard InChI is InChI=1S/C21H24Cl2N2O/c1-2-15-7-3-4-11-20(15)24-21(26)16-8-6-12-25(13-16)14-17-18(22)9-5-10-19(17)23/h3-5,7,9-11,16H,2,6,8,12-14H2,1H3,(H,24,26)/t16-/m0/s1. The normalized spacial score (nSPS) is 17.9. The lowest BCUT2D eigenvalue weighted by Gasteiger charge is -2.32. The fraction of sp³-hybridized carbons (Fsp3) is 0.381. The topological polar surface area (TPSA) is 32.3 Å². The number of halogens is 2. The van der Waals surface area contributed by atoms with Gasteiger partial charge in [-0.15, -0.1) is 0 Å². The number of benzene rings is 2. The Morgan fingerprint density at radius 3 is 2.62 bits per heavy atom.